The largest absolute Gasteiger partial charge is 0.264 e. The maximum absolute atomic E-state index is 4.01. The van der Waals surface area contributed by atoms with E-state index < -0.39 is 0 Å². The number of rotatable bonds is 2. The highest BCUT2D eigenvalue weighted by atomic mass is 14.6. The molecule has 0 amide bonds. The second kappa shape index (κ2) is 9.72. The molecule has 0 fully saturated rings. The highest BCUT2D eigenvalue weighted by Gasteiger charge is 2.21. The van der Waals surface area contributed by atoms with Gasteiger partial charge in [-0.1, -0.05) is 103 Å². The first kappa shape index (κ1) is 21.6. The Morgan fingerprint density at radius 1 is 0.600 bits per heavy atom. The molecule has 7 rings (SSSR count). The SMILES string of the molecule is c1ccc(CC2CCc3c(ccc4c3ccc3ccccc34)C2)cc1.c1ccc2cnccc2c1. The first-order valence-corrected chi connectivity index (χ1v) is 12.6. The molecule has 0 aliphatic heterocycles. The van der Waals surface area contributed by atoms with Crippen LogP contribution in [0.25, 0.3) is 32.3 Å². The van der Waals surface area contributed by atoms with Crippen LogP contribution in [0.15, 0.2) is 122 Å². The van der Waals surface area contributed by atoms with Crippen molar-refractivity contribution in [3.05, 3.63) is 138 Å². The molecule has 1 aromatic heterocycles. The average molecular weight is 452 g/mol. The van der Waals surface area contributed by atoms with Gasteiger partial charge in [0.1, 0.15) is 0 Å². The van der Waals surface area contributed by atoms with E-state index in [4.69, 9.17) is 0 Å². The molecule has 0 radical (unpaired) electrons. The third-order valence-electron chi connectivity index (χ3n) is 7.36. The van der Waals surface area contributed by atoms with Gasteiger partial charge in [0.25, 0.3) is 0 Å². The molecule has 1 atom stereocenters. The predicted octanol–water partition coefficient (Wildman–Crippen LogP) is 8.58. The van der Waals surface area contributed by atoms with Crippen LogP contribution < -0.4 is 0 Å². The second-order valence-corrected chi connectivity index (χ2v) is 9.61. The minimum Gasteiger partial charge on any atom is -0.264 e. The van der Waals surface area contributed by atoms with Crippen molar-refractivity contribution < 1.29 is 0 Å². The molecule has 1 unspecified atom stereocenters. The molecule has 35 heavy (non-hydrogen) atoms. The molecule has 0 spiro atoms. The number of aromatic nitrogens is 1. The van der Waals surface area contributed by atoms with Crippen molar-refractivity contribution in [1.82, 2.24) is 4.98 Å². The molecule has 0 saturated heterocycles. The number of fused-ring (bicyclic) bond motifs is 6. The number of hydrogen-bond donors (Lipinski definition) is 0. The summed E-state index contributed by atoms with van der Waals surface area (Å²) in [4.78, 5) is 4.01. The van der Waals surface area contributed by atoms with Gasteiger partial charge in [-0.05, 0) is 86.7 Å². The van der Waals surface area contributed by atoms with Gasteiger partial charge in [-0.2, -0.15) is 0 Å². The minimum absolute atomic E-state index is 0.771. The van der Waals surface area contributed by atoms with Gasteiger partial charge in [0, 0.05) is 12.4 Å². The molecule has 0 bridgehead atoms. The summed E-state index contributed by atoms with van der Waals surface area (Å²) in [6.45, 7) is 0. The highest BCUT2D eigenvalue weighted by Crippen LogP contribution is 2.35. The van der Waals surface area contributed by atoms with E-state index in [-0.39, 0.29) is 0 Å². The van der Waals surface area contributed by atoms with E-state index in [1.807, 2.05) is 30.6 Å². The molecule has 5 aromatic carbocycles. The summed E-state index contributed by atoms with van der Waals surface area (Å²) in [6, 6.07) is 39.3. The lowest BCUT2D eigenvalue weighted by atomic mass is 9.79. The molecule has 6 aromatic rings. The van der Waals surface area contributed by atoms with E-state index >= 15 is 0 Å². The Bertz CT molecular complexity index is 1530. The number of pyridine rings is 1. The van der Waals surface area contributed by atoms with Gasteiger partial charge in [0.15, 0.2) is 0 Å². The van der Waals surface area contributed by atoms with E-state index in [1.165, 1.54) is 63.6 Å². The van der Waals surface area contributed by atoms with E-state index in [1.54, 1.807) is 11.1 Å². The van der Waals surface area contributed by atoms with Crippen molar-refractivity contribution in [3.63, 3.8) is 0 Å². The lowest BCUT2D eigenvalue weighted by Crippen LogP contribution is -2.16. The molecular formula is C34H29N. The summed E-state index contributed by atoms with van der Waals surface area (Å²) >= 11 is 0. The summed E-state index contributed by atoms with van der Waals surface area (Å²) in [5, 5.41) is 8.05. The standard InChI is InChI=1S/C25H22.C9H7N/c1-2-6-18(7-3-1)16-19-10-13-23-21(17-19)12-15-24-22-9-5-4-8-20(22)11-14-25(23)24;1-2-4-9-7-10-6-5-8(9)3-1/h1-9,11-12,14-15,19H,10,13,16-17H2;1-7H. The van der Waals surface area contributed by atoms with Crippen molar-refractivity contribution in [2.75, 3.05) is 0 Å². The topological polar surface area (TPSA) is 12.9 Å². The molecule has 0 N–H and O–H groups in total. The number of nitrogens with zero attached hydrogens (tertiary/aromatic N) is 1. The Kier molecular flexibility index (Phi) is 5.99. The van der Waals surface area contributed by atoms with Crippen LogP contribution in [0.4, 0.5) is 0 Å². The third-order valence-corrected chi connectivity index (χ3v) is 7.36. The van der Waals surface area contributed by atoms with E-state index in [0.717, 1.165) is 5.92 Å². The van der Waals surface area contributed by atoms with Crippen LogP contribution in [0.3, 0.4) is 0 Å². The Hall–Kier alpha value is -3.97. The monoisotopic (exact) mass is 451 g/mol. The van der Waals surface area contributed by atoms with Gasteiger partial charge in [-0.3, -0.25) is 4.98 Å². The smallest absolute Gasteiger partial charge is 0.0346 e. The fourth-order valence-corrected chi connectivity index (χ4v) is 5.59. The average Bonchev–Trinajstić information content (AvgIpc) is 2.93. The maximum atomic E-state index is 4.01. The number of hydrogen-bond acceptors (Lipinski definition) is 1. The quantitative estimate of drug-likeness (QED) is 0.240. The van der Waals surface area contributed by atoms with Crippen molar-refractivity contribution in [3.8, 4) is 0 Å². The van der Waals surface area contributed by atoms with E-state index in [9.17, 15) is 0 Å². The first-order chi connectivity index (χ1) is 17.3. The number of benzene rings is 5. The predicted molar refractivity (Wildman–Crippen MR) is 149 cm³/mol. The van der Waals surface area contributed by atoms with Crippen LogP contribution in [0, 0.1) is 5.92 Å². The summed E-state index contributed by atoms with van der Waals surface area (Å²) in [7, 11) is 0. The summed E-state index contributed by atoms with van der Waals surface area (Å²) in [6.07, 6.45) is 8.61. The van der Waals surface area contributed by atoms with E-state index in [0.29, 0.717) is 0 Å². The van der Waals surface area contributed by atoms with Gasteiger partial charge in [-0.25, -0.2) is 0 Å². The molecule has 1 aliphatic rings. The summed E-state index contributed by atoms with van der Waals surface area (Å²) < 4.78 is 0. The van der Waals surface area contributed by atoms with Crippen molar-refractivity contribution in [1.29, 1.82) is 0 Å². The zero-order valence-corrected chi connectivity index (χ0v) is 19.9. The fraction of sp³-hybridized carbons (Fsp3) is 0.147. The van der Waals surface area contributed by atoms with Crippen LogP contribution >= 0.6 is 0 Å². The molecule has 170 valence electrons. The molecule has 1 nitrogen and oxygen atoms in total. The fourth-order valence-electron chi connectivity index (χ4n) is 5.59. The Morgan fingerprint density at radius 3 is 2.20 bits per heavy atom. The van der Waals surface area contributed by atoms with Crippen LogP contribution in [0.2, 0.25) is 0 Å². The van der Waals surface area contributed by atoms with Gasteiger partial charge < -0.3 is 0 Å². The summed E-state index contributed by atoms with van der Waals surface area (Å²) in [5.41, 5.74) is 4.63. The lowest BCUT2D eigenvalue weighted by molar-refractivity contribution is 0.458. The Labute approximate surface area is 207 Å². The van der Waals surface area contributed by atoms with Gasteiger partial charge in [0.05, 0.1) is 0 Å². The highest BCUT2D eigenvalue weighted by molar-refractivity contribution is 6.08. The van der Waals surface area contributed by atoms with E-state index in [2.05, 4.69) is 96.0 Å². The van der Waals surface area contributed by atoms with Crippen molar-refractivity contribution in [2.45, 2.75) is 25.7 Å². The molecular weight excluding hydrogens is 422 g/mol. The molecule has 1 heteroatoms. The Balaban J connectivity index is 0.000000191. The van der Waals surface area contributed by atoms with Crippen molar-refractivity contribution >= 4 is 32.3 Å². The van der Waals surface area contributed by atoms with Crippen LogP contribution in [-0.2, 0) is 19.3 Å². The molecule has 1 heterocycles. The third kappa shape index (κ3) is 4.55. The van der Waals surface area contributed by atoms with Gasteiger partial charge in [-0.15, -0.1) is 0 Å². The summed E-state index contributed by atoms with van der Waals surface area (Å²) in [5.74, 6) is 0.771. The van der Waals surface area contributed by atoms with Crippen LogP contribution in [0.5, 0.6) is 0 Å². The van der Waals surface area contributed by atoms with Crippen LogP contribution in [-0.4, -0.2) is 4.98 Å². The lowest BCUT2D eigenvalue weighted by Gasteiger charge is -2.26. The number of aryl methyl sites for hydroxylation is 1. The zero-order chi connectivity index (χ0) is 23.5. The first-order valence-electron chi connectivity index (χ1n) is 12.6. The van der Waals surface area contributed by atoms with Crippen molar-refractivity contribution in [2.24, 2.45) is 5.92 Å². The molecule has 0 saturated carbocycles. The molecule has 1 aliphatic carbocycles. The second-order valence-electron chi connectivity index (χ2n) is 9.61. The van der Waals surface area contributed by atoms with Crippen LogP contribution in [0.1, 0.15) is 23.1 Å². The van der Waals surface area contributed by atoms with Gasteiger partial charge in [0.2, 0.25) is 0 Å². The Morgan fingerprint density at radius 2 is 1.34 bits per heavy atom. The maximum Gasteiger partial charge on any atom is 0.0346 e. The zero-order valence-electron chi connectivity index (χ0n) is 19.9. The minimum atomic E-state index is 0.771. The van der Waals surface area contributed by atoms with Gasteiger partial charge >= 0.3 is 0 Å². The normalized spacial score (nSPS) is 14.9.